The van der Waals surface area contributed by atoms with Gasteiger partial charge in [0.05, 0.1) is 6.54 Å². The van der Waals surface area contributed by atoms with Crippen LogP contribution in [0.25, 0.3) is 0 Å². The van der Waals surface area contributed by atoms with Gasteiger partial charge in [-0.1, -0.05) is 13.0 Å². The van der Waals surface area contributed by atoms with E-state index in [1.54, 1.807) is 0 Å². The van der Waals surface area contributed by atoms with E-state index < -0.39 is 5.97 Å². The molecule has 0 radical (unpaired) electrons. The summed E-state index contributed by atoms with van der Waals surface area (Å²) in [5.41, 5.74) is 0. The lowest BCUT2D eigenvalue weighted by molar-refractivity contribution is -0.193. The van der Waals surface area contributed by atoms with Gasteiger partial charge in [-0.05, 0) is 12.8 Å². The van der Waals surface area contributed by atoms with E-state index in [0.29, 0.717) is 13.0 Å². The van der Waals surface area contributed by atoms with Crippen molar-refractivity contribution in [2.75, 3.05) is 6.54 Å². The molecule has 72 valence electrons. The second kappa shape index (κ2) is 4.64. The fourth-order valence-corrected chi connectivity index (χ4v) is 1.20. The normalized spacial score (nSPS) is 17.8. The van der Waals surface area contributed by atoms with E-state index in [4.69, 9.17) is 4.84 Å². The van der Waals surface area contributed by atoms with Crippen molar-refractivity contribution >= 4 is 11.9 Å². The average molecular weight is 183 g/mol. The molecule has 1 rings (SSSR count). The first kappa shape index (κ1) is 9.77. The zero-order chi connectivity index (χ0) is 9.68. The van der Waals surface area contributed by atoms with E-state index >= 15 is 0 Å². The van der Waals surface area contributed by atoms with Crippen LogP contribution in [-0.4, -0.2) is 23.5 Å². The topological polar surface area (TPSA) is 46.6 Å². The van der Waals surface area contributed by atoms with Gasteiger partial charge in [0.15, 0.2) is 0 Å². The predicted octanol–water partition coefficient (Wildman–Crippen LogP) is 1.03. The van der Waals surface area contributed by atoms with Crippen LogP contribution in [0, 0.1) is 0 Å². The largest absolute Gasteiger partial charge is 0.355 e. The van der Waals surface area contributed by atoms with Crippen molar-refractivity contribution in [3.05, 3.63) is 12.7 Å². The number of nitrogens with zero attached hydrogens (tertiary/aromatic N) is 1. The second-order valence-corrected chi connectivity index (χ2v) is 2.92. The molecule has 1 aliphatic heterocycles. The fourth-order valence-electron chi connectivity index (χ4n) is 1.20. The molecule has 0 bridgehead atoms. The van der Waals surface area contributed by atoms with E-state index in [-0.39, 0.29) is 5.91 Å². The standard InChI is InChI=1S/C9H13NO3/c1-2-9(12)13-10-7-5-3-4-6-8(10)11/h2H,1,3-7H2. The van der Waals surface area contributed by atoms with Gasteiger partial charge in [0.2, 0.25) is 0 Å². The quantitative estimate of drug-likeness (QED) is 0.601. The average Bonchev–Trinajstić information content (AvgIpc) is 2.32. The van der Waals surface area contributed by atoms with Crippen LogP contribution < -0.4 is 0 Å². The third-order valence-electron chi connectivity index (χ3n) is 1.90. The van der Waals surface area contributed by atoms with E-state index in [1.165, 1.54) is 0 Å². The van der Waals surface area contributed by atoms with Gasteiger partial charge in [-0.25, -0.2) is 4.79 Å². The molecule has 1 saturated heterocycles. The molecular formula is C9H13NO3. The lowest BCUT2D eigenvalue weighted by Crippen LogP contribution is -2.32. The van der Waals surface area contributed by atoms with Crippen molar-refractivity contribution in [2.45, 2.75) is 25.7 Å². The van der Waals surface area contributed by atoms with Gasteiger partial charge in [0, 0.05) is 12.5 Å². The summed E-state index contributed by atoms with van der Waals surface area (Å²) < 4.78 is 0. The highest BCUT2D eigenvalue weighted by Crippen LogP contribution is 2.11. The van der Waals surface area contributed by atoms with E-state index in [0.717, 1.165) is 30.4 Å². The Morgan fingerprint density at radius 1 is 1.46 bits per heavy atom. The van der Waals surface area contributed by atoms with Gasteiger partial charge in [-0.15, -0.1) is 0 Å². The second-order valence-electron chi connectivity index (χ2n) is 2.92. The molecule has 0 aromatic heterocycles. The summed E-state index contributed by atoms with van der Waals surface area (Å²) in [7, 11) is 0. The van der Waals surface area contributed by atoms with E-state index in [2.05, 4.69) is 6.58 Å². The minimum atomic E-state index is -0.574. The Labute approximate surface area is 77.1 Å². The SMILES string of the molecule is C=CC(=O)ON1CCCCCC1=O. The van der Waals surface area contributed by atoms with Crippen LogP contribution in [0.5, 0.6) is 0 Å². The first-order chi connectivity index (χ1) is 6.24. The van der Waals surface area contributed by atoms with Gasteiger partial charge in [0.1, 0.15) is 0 Å². The van der Waals surface area contributed by atoms with Crippen LogP contribution in [0.3, 0.4) is 0 Å². The number of carbonyl (C=O) groups is 2. The Hall–Kier alpha value is -1.32. The molecule has 0 aromatic carbocycles. The Kier molecular flexibility index (Phi) is 3.49. The van der Waals surface area contributed by atoms with Gasteiger partial charge in [0.25, 0.3) is 5.91 Å². The number of amides is 1. The zero-order valence-electron chi connectivity index (χ0n) is 7.49. The minimum Gasteiger partial charge on any atom is -0.333 e. The molecule has 0 N–H and O–H groups in total. The summed E-state index contributed by atoms with van der Waals surface area (Å²) in [6.07, 6.45) is 4.29. The smallest absolute Gasteiger partial charge is 0.333 e. The van der Waals surface area contributed by atoms with Crippen LogP contribution in [-0.2, 0) is 14.4 Å². The third-order valence-corrected chi connectivity index (χ3v) is 1.90. The molecule has 1 fully saturated rings. The van der Waals surface area contributed by atoms with Crippen molar-refractivity contribution in [2.24, 2.45) is 0 Å². The van der Waals surface area contributed by atoms with Gasteiger partial charge in [-0.3, -0.25) is 4.79 Å². The molecule has 0 aliphatic carbocycles. The number of carbonyl (C=O) groups excluding carboxylic acids is 2. The highest BCUT2D eigenvalue weighted by Gasteiger charge is 2.19. The minimum absolute atomic E-state index is 0.118. The Bertz CT molecular complexity index is 225. The monoisotopic (exact) mass is 183 g/mol. The molecule has 1 heterocycles. The summed E-state index contributed by atoms with van der Waals surface area (Å²) in [5.74, 6) is -0.692. The Balaban J connectivity index is 2.49. The van der Waals surface area contributed by atoms with Crippen molar-refractivity contribution in [1.82, 2.24) is 5.06 Å². The molecule has 0 spiro atoms. The number of hydrogen-bond donors (Lipinski definition) is 0. The maximum absolute atomic E-state index is 11.3. The van der Waals surface area contributed by atoms with Crippen molar-refractivity contribution in [1.29, 1.82) is 0 Å². The lowest BCUT2D eigenvalue weighted by atomic mass is 10.2. The molecule has 1 amide bonds. The molecule has 13 heavy (non-hydrogen) atoms. The van der Waals surface area contributed by atoms with Crippen LogP contribution in [0.15, 0.2) is 12.7 Å². The molecule has 0 saturated carbocycles. The number of hydrogen-bond acceptors (Lipinski definition) is 3. The Morgan fingerprint density at radius 3 is 2.92 bits per heavy atom. The molecule has 0 aromatic rings. The van der Waals surface area contributed by atoms with E-state index in [1.807, 2.05) is 0 Å². The molecule has 4 heteroatoms. The summed E-state index contributed by atoms with van der Waals surface area (Å²) in [6.45, 7) is 3.76. The lowest BCUT2D eigenvalue weighted by Gasteiger charge is -2.17. The van der Waals surface area contributed by atoms with Gasteiger partial charge < -0.3 is 4.84 Å². The highest BCUT2D eigenvalue weighted by molar-refractivity contribution is 5.83. The molecular weight excluding hydrogens is 170 g/mol. The van der Waals surface area contributed by atoms with Crippen LogP contribution in [0.2, 0.25) is 0 Å². The number of hydroxylamine groups is 2. The first-order valence-corrected chi connectivity index (χ1v) is 4.39. The van der Waals surface area contributed by atoms with Crippen LogP contribution >= 0.6 is 0 Å². The van der Waals surface area contributed by atoms with Crippen LogP contribution in [0.1, 0.15) is 25.7 Å². The third kappa shape index (κ3) is 2.89. The highest BCUT2D eigenvalue weighted by atomic mass is 16.7. The summed E-state index contributed by atoms with van der Waals surface area (Å²) in [4.78, 5) is 26.8. The van der Waals surface area contributed by atoms with Crippen LogP contribution in [0.4, 0.5) is 0 Å². The number of rotatable bonds is 2. The first-order valence-electron chi connectivity index (χ1n) is 4.39. The molecule has 0 unspecified atom stereocenters. The summed E-state index contributed by atoms with van der Waals surface area (Å²) in [5, 5.41) is 1.14. The molecule has 1 aliphatic rings. The van der Waals surface area contributed by atoms with Gasteiger partial charge >= 0.3 is 5.97 Å². The van der Waals surface area contributed by atoms with Gasteiger partial charge in [-0.2, -0.15) is 5.06 Å². The fraction of sp³-hybridized carbons (Fsp3) is 0.556. The maximum atomic E-state index is 11.3. The van der Waals surface area contributed by atoms with Crippen molar-refractivity contribution in [3.8, 4) is 0 Å². The summed E-state index contributed by atoms with van der Waals surface area (Å²) >= 11 is 0. The Morgan fingerprint density at radius 2 is 2.23 bits per heavy atom. The molecule has 4 nitrogen and oxygen atoms in total. The predicted molar refractivity (Wildman–Crippen MR) is 46.5 cm³/mol. The molecule has 0 atom stereocenters. The summed E-state index contributed by atoms with van der Waals surface area (Å²) in [6, 6.07) is 0. The van der Waals surface area contributed by atoms with Crippen molar-refractivity contribution in [3.63, 3.8) is 0 Å². The van der Waals surface area contributed by atoms with Crippen molar-refractivity contribution < 1.29 is 14.4 Å². The van der Waals surface area contributed by atoms with E-state index in [9.17, 15) is 9.59 Å². The maximum Gasteiger partial charge on any atom is 0.355 e. The zero-order valence-corrected chi connectivity index (χ0v) is 7.49.